The molecule has 0 aliphatic heterocycles. The van der Waals surface area contributed by atoms with Crippen molar-refractivity contribution < 1.29 is 19.1 Å². The van der Waals surface area contributed by atoms with E-state index in [4.69, 9.17) is 9.47 Å². The molecule has 2 rings (SSSR count). The van der Waals surface area contributed by atoms with E-state index >= 15 is 0 Å². The Kier molecular flexibility index (Phi) is 7.81. The Hall–Kier alpha value is -0.100. The number of halogens is 2. The van der Waals surface area contributed by atoms with E-state index in [1.807, 2.05) is 0 Å². The van der Waals surface area contributed by atoms with Crippen LogP contribution in [0.1, 0.15) is 47.0 Å². The van der Waals surface area contributed by atoms with E-state index in [0.29, 0.717) is 25.0 Å². The van der Waals surface area contributed by atoms with Crippen molar-refractivity contribution in [2.75, 3.05) is 13.2 Å². The van der Waals surface area contributed by atoms with Gasteiger partial charge < -0.3 is 9.47 Å². The summed E-state index contributed by atoms with van der Waals surface area (Å²) >= 11 is 7.40. The number of carbonyl (C=O) groups excluding carboxylic acids is 2. The number of hydrogen-bond donors (Lipinski definition) is 0. The van der Waals surface area contributed by atoms with Gasteiger partial charge >= 0.3 is 11.9 Å². The molecule has 2 aliphatic rings. The first kappa shape index (κ1) is 21.2. The molecule has 0 saturated heterocycles. The van der Waals surface area contributed by atoms with E-state index in [1.54, 1.807) is 0 Å². The first-order valence-electron chi connectivity index (χ1n) is 9.35. The van der Waals surface area contributed by atoms with Crippen LogP contribution in [0.3, 0.4) is 0 Å². The number of fused-ring (bicyclic) bond motifs is 2. The summed E-state index contributed by atoms with van der Waals surface area (Å²) in [6.07, 6.45) is 2.55. The van der Waals surface area contributed by atoms with Gasteiger partial charge in [-0.05, 0) is 42.9 Å². The summed E-state index contributed by atoms with van der Waals surface area (Å²) in [5, 5.41) is 0. The van der Waals surface area contributed by atoms with Gasteiger partial charge in [-0.15, -0.1) is 0 Å². The molecule has 0 spiro atoms. The van der Waals surface area contributed by atoms with Crippen LogP contribution >= 0.6 is 31.9 Å². The Morgan fingerprint density at radius 3 is 1.52 bits per heavy atom. The molecule has 2 bridgehead atoms. The second kappa shape index (κ2) is 9.20. The van der Waals surface area contributed by atoms with Crippen molar-refractivity contribution in [3.05, 3.63) is 0 Å². The largest absolute Gasteiger partial charge is 0.465 e. The van der Waals surface area contributed by atoms with Crippen LogP contribution in [0, 0.1) is 35.5 Å². The summed E-state index contributed by atoms with van der Waals surface area (Å²) in [4.78, 5) is 25.8. The normalized spacial score (nSPS) is 33.9. The van der Waals surface area contributed by atoms with Crippen molar-refractivity contribution in [1.29, 1.82) is 0 Å². The van der Waals surface area contributed by atoms with Crippen LogP contribution in [0.5, 0.6) is 0 Å². The second-order valence-electron chi connectivity index (χ2n) is 8.20. The summed E-state index contributed by atoms with van der Waals surface area (Å²) in [5.74, 6) is -0.0116. The van der Waals surface area contributed by atoms with Crippen molar-refractivity contribution in [3.63, 3.8) is 0 Å². The van der Waals surface area contributed by atoms with E-state index < -0.39 is 0 Å². The lowest BCUT2D eigenvalue weighted by Crippen LogP contribution is -2.44. The molecular weight excluding hydrogens is 452 g/mol. The predicted molar refractivity (Wildman–Crippen MR) is 105 cm³/mol. The van der Waals surface area contributed by atoms with Crippen LogP contribution in [0.25, 0.3) is 0 Å². The zero-order valence-corrected chi connectivity index (χ0v) is 18.7. The van der Waals surface area contributed by atoms with Crippen LogP contribution < -0.4 is 0 Å². The topological polar surface area (TPSA) is 52.6 Å². The first-order chi connectivity index (χ1) is 11.7. The van der Waals surface area contributed by atoms with Gasteiger partial charge in [0.25, 0.3) is 0 Å². The van der Waals surface area contributed by atoms with Gasteiger partial charge in [0.1, 0.15) is 0 Å². The fourth-order valence-electron chi connectivity index (χ4n) is 3.89. The molecule has 6 unspecified atom stereocenters. The summed E-state index contributed by atoms with van der Waals surface area (Å²) in [7, 11) is 0. The molecule has 0 aromatic heterocycles. The summed E-state index contributed by atoms with van der Waals surface area (Å²) in [6, 6.07) is 0. The maximum atomic E-state index is 12.7. The van der Waals surface area contributed by atoms with Gasteiger partial charge in [0.2, 0.25) is 0 Å². The van der Waals surface area contributed by atoms with Crippen LogP contribution in [-0.2, 0) is 19.1 Å². The fraction of sp³-hybridized carbons (Fsp3) is 0.895. The molecule has 4 nitrogen and oxygen atoms in total. The lowest BCUT2D eigenvalue weighted by molar-refractivity contribution is -0.163. The number of carbonyl (C=O) groups is 2. The third-order valence-corrected chi connectivity index (χ3v) is 8.61. The fourth-order valence-corrected chi connectivity index (χ4v) is 5.77. The molecule has 25 heavy (non-hydrogen) atoms. The Labute approximate surface area is 168 Å². The van der Waals surface area contributed by atoms with Gasteiger partial charge in [-0.3, -0.25) is 9.59 Å². The zero-order chi connectivity index (χ0) is 18.7. The third kappa shape index (κ3) is 5.00. The van der Waals surface area contributed by atoms with E-state index in [0.717, 1.165) is 19.3 Å². The monoisotopic (exact) mass is 480 g/mol. The Bertz CT molecular complexity index is 438. The lowest BCUT2D eigenvalue weighted by atomic mass is 9.79. The smallest absolute Gasteiger partial charge is 0.310 e. The van der Waals surface area contributed by atoms with Crippen LogP contribution in [-0.4, -0.2) is 34.8 Å². The summed E-state index contributed by atoms with van der Waals surface area (Å²) in [5.41, 5.74) is 0. The Balaban J connectivity index is 2.03. The van der Waals surface area contributed by atoms with E-state index in [1.165, 1.54) is 0 Å². The van der Waals surface area contributed by atoms with Gasteiger partial charge in [0.05, 0.1) is 25.0 Å². The molecule has 0 heterocycles. The quantitative estimate of drug-likeness (QED) is 0.376. The van der Waals surface area contributed by atoms with Crippen molar-refractivity contribution in [2.24, 2.45) is 35.5 Å². The minimum Gasteiger partial charge on any atom is -0.465 e. The van der Waals surface area contributed by atoms with Gasteiger partial charge in [-0.25, -0.2) is 0 Å². The van der Waals surface area contributed by atoms with Gasteiger partial charge in [-0.2, -0.15) is 0 Å². The number of hydrogen-bond acceptors (Lipinski definition) is 4. The molecular formula is C19H30Br2O4. The maximum absolute atomic E-state index is 12.7. The number of alkyl halides is 2. The average molecular weight is 482 g/mol. The number of ether oxygens (including phenoxy) is 2. The van der Waals surface area contributed by atoms with Crippen molar-refractivity contribution in [3.8, 4) is 0 Å². The minimum absolute atomic E-state index is 0.128. The molecule has 2 aliphatic carbocycles. The average Bonchev–Trinajstić information content (AvgIpc) is 3.04. The molecule has 6 atom stereocenters. The van der Waals surface area contributed by atoms with Crippen molar-refractivity contribution in [2.45, 2.75) is 56.6 Å². The van der Waals surface area contributed by atoms with Gasteiger partial charge in [0.15, 0.2) is 0 Å². The standard InChI is InChI=1S/C19H30Br2O4/c1-10(2)5-7-24-18(22)14-12-9-13(17(21)16(12)20)15(14)19(23)25-8-6-11(3)4/h10-17H,5-9H2,1-4H3. The highest BCUT2D eigenvalue weighted by Gasteiger charge is 2.62. The first-order valence-corrected chi connectivity index (χ1v) is 11.2. The Morgan fingerprint density at radius 1 is 0.840 bits per heavy atom. The zero-order valence-electron chi connectivity index (χ0n) is 15.5. The predicted octanol–water partition coefficient (Wildman–Crippen LogP) is 4.57. The molecule has 0 aromatic carbocycles. The Morgan fingerprint density at radius 2 is 1.20 bits per heavy atom. The second-order valence-corrected chi connectivity index (χ2v) is 10.3. The summed E-state index contributed by atoms with van der Waals surface area (Å²) < 4.78 is 11.0. The van der Waals surface area contributed by atoms with Crippen molar-refractivity contribution >= 4 is 43.8 Å². The molecule has 0 aromatic rings. The molecule has 0 radical (unpaired) electrons. The van der Waals surface area contributed by atoms with E-state index in [9.17, 15) is 9.59 Å². The molecule has 2 saturated carbocycles. The molecule has 0 amide bonds. The molecule has 144 valence electrons. The van der Waals surface area contributed by atoms with Crippen LogP contribution in [0.15, 0.2) is 0 Å². The third-order valence-electron chi connectivity index (χ3n) is 5.40. The van der Waals surface area contributed by atoms with Crippen LogP contribution in [0.2, 0.25) is 0 Å². The van der Waals surface area contributed by atoms with Gasteiger partial charge in [-0.1, -0.05) is 59.6 Å². The molecule has 6 heteroatoms. The van der Waals surface area contributed by atoms with Crippen LogP contribution in [0.4, 0.5) is 0 Å². The number of rotatable bonds is 8. The number of esters is 2. The molecule has 2 fully saturated rings. The minimum atomic E-state index is -0.387. The summed E-state index contributed by atoms with van der Waals surface area (Å²) in [6.45, 7) is 9.25. The lowest BCUT2D eigenvalue weighted by Gasteiger charge is -2.34. The highest BCUT2D eigenvalue weighted by molar-refractivity contribution is 9.12. The highest BCUT2D eigenvalue weighted by atomic mass is 79.9. The van der Waals surface area contributed by atoms with E-state index in [-0.39, 0.29) is 45.3 Å². The van der Waals surface area contributed by atoms with E-state index in [2.05, 4.69) is 59.6 Å². The molecule has 0 N–H and O–H groups in total. The van der Waals surface area contributed by atoms with Crippen molar-refractivity contribution in [1.82, 2.24) is 0 Å². The highest BCUT2D eigenvalue weighted by Crippen LogP contribution is 2.57. The maximum Gasteiger partial charge on any atom is 0.310 e. The SMILES string of the molecule is CC(C)CCOC(=O)C1C2CC(C(Br)C2Br)C1C(=O)OCCC(C)C. The van der Waals surface area contributed by atoms with Gasteiger partial charge in [0, 0.05) is 9.65 Å².